The largest absolute Gasteiger partial charge is 0.347 e. The molecule has 0 spiro atoms. The topological polar surface area (TPSA) is 99.8 Å². The Morgan fingerprint density at radius 1 is 1.24 bits per heavy atom. The molecule has 2 rings (SSSR count). The van der Waals surface area contributed by atoms with Crippen molar-refractivity contribution in [3.63, 3.8) is 0 Å². The fourth-order valence-corrected chi connectivity index (χ4v) is 2.64. The van der Waals surface area contributed by atoms with E-state index in [1.165, 1.54) is 12.4 Å². The normalized spacial score (nSPS) is 11.7. The van der Waals surface area contributed by atoms with Gasteiger partial charge in [0.25, 0.3) is 10.0 Å². The molecule has 0 amide bonds. The van der Waals surface area contributed by atoms with Gasteiger partial charge < -0.3 is 10.3 Å². The Morgan fingerprint density at radius 3 is 2.71 bits per heavy atom. The molecule has 0 radical (unpaired) electrons. The monoisotopic (exact) mass is 309 g/mol. The second kappa shape index (κ2) is 7.30. The van der Waals surface area contributed by atoms with E-state index in [9.17, 15) is 8.42 Å². The van der Waals surface area contributed by atoms with Gasteiger partial charge in [-0.3, -0.25) is 0 Å². The molecule has 2 aromatic heterocycles. The molecule has 2 aromatic rings. The van der Waals surface area contributed by atoms with Gasteiger partial charge in [0.15, 0.2) is 5.03 Å². The van der Waals surface area contributed by atoms with Crippen LogP contribution in [0.4, 0.5) is 0 Å². The SMILES string of the molecule is CCCNCc1ccc(S(=O)(=O)NCc2cnc[nH]2)nc1. The van der Waals surface area contributed by atoms with Crippen LogP contribution in [0.2, 0.25) is 0 Å². The molecule has 0 unspecified atom stereocenters. The van der Waals surface area contributed by atoms with Crippen LogP contribution in [-0.4, -0.2) is 29.9 Å². The van der Waals surface area contributed by atoms with E-state index in [-0.39, 0.29) is 11.6 Å². The van der Waals surface area contributed by atoms with Crippen LogP contribution in [-0.2, 0) is 23.1 Å². The Hall–Kier alpha value is -1.77. The molecule has 7 nitrogen and oxygen atoms in total. The predicted octanol–water partition coefficient (Wildman–Crippen LogP) is 0.783. The van der Waals surface area contributed by atoms with Crippen LogP contribution >= 0.6 is 0 Å². The summed E-state index contributed by atoms with van der Waals surface area (Å²) >= 11 is 0. The molecule has 2 heterocycles. The summed E-state index contributed by atoms with van der Waals surface area (Å²) in [6.45, 7) is 3.85. The number of aromatic nitrogens is 3. The molecular formula is C13H19N5O2S. The highest BCUT2D eigenvalue weighted by Gasteiger charge is 2.15. The highest BCUT2D eigenvalue weighted by Crippen LogP contribution is 2.07. The van der Waals surface area contributed by atoms with Crippen LogP contribution in [0.25, 0.3) is 0 Å². The molecule has 0 atom stereocenters. The Morgan fingerprint density at radius 2 is 2.10 bits per heavy atom. The van der Waals surface area contributed by atoms with E-state index >= 15 is 0 Å². The highest BCUT2D eigenvalue weighted by molar-refractivity contribution is 7.89. The van der Waals surface area contributed by atoms with Crippen LogP contribution in [0.1, 0.15) is 24.6 Å². The minimum absolute atomic E-state index is 0.0151. The number of imidazole rings is 1. The van der Waals surface area contributed by atoms with Crippen LogP contribution in [0.3, 0.4) is 0 Å². The maximum atomic E-state index is 12.1. The fourth-order valence-electron chi connectivity index (χ4n) is 1.71. The van der Waals surface area contributed by atoms with Gasteiger partial charge in [0.1, 0.15) is 0 Å². The number of nitrogens with one attached hydrogen (secondary N) is 3. The number of hydrogen-bond acceptors (Lipinski definition) is 5. The zero-order chi connectivity index (χ0) is 15.1. The van der Waals surface area contributed by atoms with Crippen molar-refractivity contribution in [2.75, 3.05) is 6.54 Å². The maximum absolute atomic E-state index is 12.1. The van der Waals surface area contributed by atoms with Gasteiger partial charge >= 0.3 is 0 Å². The lowest BCUT2D eigenvalue weighted by molar-refractivity contribution is 0.576. The first-order chi connectivity index (χ1) is 10.1. The Labute approximate surface area is 124 Å². The lowest BCUT2D eigenvalue weighted by atomic mass is 10.3. The number of sulfonamides is 1. The first-order valence-corrected chi connectivity index (χ1v) is 8.22. The van der Waals surface area contributed by atoms with Gasteiger partial charge in [-0.1, -0.05) is 13.0 Å². The molecule has 0 fully saturated rings. The van der Waals surface area contributed by atoms with Crippen LogP contribution in [0, 0.1) is 0 Å². The molecule has 8 heteroatoms. The van der Waals surface area contributed by atoms with Crippen molar-refractivity contribution in [3.8, 4) is 0 Å². The fraction of sp³-hybridized carbons (Fsp3) is 0.385. The Balaban J connectivity index is 1.96. The first-order valence-electron chi connectivity index (χ1n) is 6.74. The van der Waals surface area contributed by atoms with Crippen LogP contribution in [0.15, 0.2) is 35.9 Å². The number of H-pyrrole nitrogens is 1. The lowest BCUT2D eigenvalue weighted by Gasteiger charge is -2.06. The van der Waals surface area contributed by atoms with E-state index in [0.29, 0.717) is 12.2 Å². The van der Waals surface area contributed by atoms with E-state index in [1.807, 2.05) is 0 Å². The number of rotatable bonds is 8. The van der Waals surface area contributed by atoms with E-state index < -0.39 is 10.0 Å². The molecular weight excluding hydrogens is 290 g/mol. The van der Waals surface area contributed by atoms with E-state index in [0.717, 1.165) is 18.5 Å². The molecule has 0 saturated carbocycles. The third kappa shape index (κ3) is 4.62. The quantitative estimate of drug-likeness (QED) is 0.626. The van der Waals surface area contributed by atoms with Gasteiger partial charge in [0.2, 0.25) is 0 Å². The second-order valence-corrected chi connectivity index (χ2v) is 6.30. The van der Waals surface area contributed by atoms with Crippen molar-refractivity contribution in [3.05, 3.63) is 42.1 Å². The number of nitrogens with zero attached hydrogens (tertiary/aromatic N) is 2. The molecule has 0 saturated heterocycles. The molecule has 114 valence electrons. The van der Waals surface area contributed by atoms with Gasteiger partial charge in [-0.05, 0) is 24.6 Å². The predicted molar refractivity (Wildman–Crippen MR) is 78.8 cm³/mol. The van der Waals surface area contributed by atoms with Crippen LogP contribution < -0.4 is 10.0 Å². The summed E-state index contributed by atoms with van der Waals surface area (Å²) < 4.78 is 26.6. The summed E-state index contributed by atoms with van der Waals surface area (Å²) in [5.74, 6) is 0. The van der Waals surface area contributed by atoms with Gasteiger partial charge in [-0.2, -0.15) is 0 Å². The van der Waals surface area contributed by atoms with Crippen molar-refractivity contribution in [2.24, 2.45) is 0 Å². The Kier molecular flexibility index (Phi) is 5.43. The molecule has 21 heavy (non-hydrogen) atoms. The molecule has 0 aromatic carbocycles. The number of pyridine rings is 1. The summed E-state index contributed by atoms with van der Waals surface area (Å²) in [5.41, 5.74) is 1.65. The average Bonchev–Trinajstić information content (AvgIpc) is 3.00. The van der Waals surface area contributed by atoms with Crippen molar-refractivity contribution >= 4 is 10.0 Å². The minimum atomic E-state index is -3.61. The van der Waals surface area contributed by atoms with E-state index in [1.54, 1.807) is 18.5 Å². The maximum Gasteiger partial charge on any atom is 0.258 e. The second-order valence-electron chi connectivity index (χ2n) is 4.58. The zero-order valence-corrected chi connectivity index (χ0v) is 12.7. The zero-order valence-electron chi connectivity index (χ0n) is 11.8. The smallest absolute Gasteiger partial charge is 0.258 e. The van der Waals surface area contributed by atoms with Crippen LogP contribution in [0.5, 0.6) is 0 Å². The summed E-state index contributed by atoms with van der Waals surface area (Å²) in [6, 6.07) is 3.28. The summed E-state index contributed by atoms with van der Waals surface area (Å²) in [7, 11) is -3.61. The van der Waals surface area contributed by atoms with Crippen molar-refractivity contribution in [1.82, 2.24) is 25.0 Å². The lowest BCUT2D eigenvalue weighted by Crippen LogP contribution is -2.24. The minimum Gasteiger partial charge on any atom is -0.347 e. The average molecular weight is 309 g/mol. The van der Waals surface area contributed by atoms with Gasteiger partial charge in [0.05, 0.1) is 12.9 Å². The number of hydrogen-bond donors (Lipinski definition) is 3. The summed E-state index contributed by atoms with van der Waals surface area (Å²) in [4.78, 5) is 10.7. The first kappa shape index (κ1) is 15.6. The van der Waals surface area contributed by atoms with Crippen molar-refractivity contribution in [1.29, 1.82) is 0 Å². The van der Waals surface area contributed by atoms with E-state index in [2.05, 4.69) is 31.9 Å². The molecule has 0 bridgehead atoms. The standard InChI is InChI=1S/C13H19N5O2S/c1-2-5-14-6-11-3-4-13(16-7-11)21(19,20)18-9-12-8-15-10-17-12/h3-4,7-8,10,14,18H,2,5-6,9H2,1H3,(H,15,17). The third-order valence-electron chi connectivity index (χ3n) is 2.84. The molecule has 0 aliphatic heterocycles. The highest BCUT2D eigenvalue weighted by atomic mass is 32.2. The van der Waals surface area contributed by atoms with E-state index in [4.69, 9.17) is 0 Å². The molecule has 3 N–H and O–H groups in total. The third-order valence-corrected chi connectivity index (χ3v) is 4.15. The van der Waals surface area contributed by atoms with Gasteiger partial charge in [-0.25, -0.2) is 23.1 Å². The summed E-state index contributed by atoms with van der Waals surface area (Å²) in [6.07, 6.45) is 5.70. The molecule has 0 aliphatic rings. The summed E-state index contributed by atoms with van der Waals surface area (Å²) in [5, 5.41) is 3.25. The number of aromatic amines is 1. The van der Waals surface area contributed by atoms with Crippen molar-refractivity contribution in [2.45, 2.75) is 31.5 Å². The van der Waals surface area contributed by atoms with Gasteiger partial charge in [-0.15, -0.1) is 0 Å². The Bertz CT molecular complexity index is 638. The molecule has 0 aliphatic carbocycles. The van der Waals surface area contributed by atoms with Crippen molar-refractivity contribution < 1.29 is 8.42 Å². The van der Waals surface area contributed by atoms with Gasteiger partial charge in [0, 0.05) is 24.6 Å².